The number of nitrogens with zero attached hydrogens (tertiary/aromatic N) is 1. The summed E-state index contributed by atoms with van der Waals surface area (Å²) in [6.07, 6.45) is 2.85. The summed E-state index contributed by atoms with van der Waals surface area (Å²) in [5.74, 6) is -7.27. The van der Waals surface area contributed by atoms with E-state index in [0.717, 1.165) is 12.8 Å². The molecule has 0 heterocycles. The van der Waals surface area contributed by atoms with E-state index in [1.165, 1.54) is 17.0 Å². The van der Waals surface area contributed by atoms with Crippen LogP contribution in [-0.4, -0.2) is 74.3 Å². The lowest BCUT2D eigenvalue weighted by Crippen LogP contribution is -2.63. The van der Waals surface area contributed by atoms with Gasteiger partial charge >= 0.3 is 0 Å². The van der Waals surface area contributed by atoms with Crippen LogP contribution in [0, 0.1) is 11.8 Å². The van der Waals surface area contributed by atoms with Crippen LogP contribution in [0.2, 0.25) is 0 Å². The highest BCUT2D eigenvalue weighted by molar-refractivity contribution is 6.25. The van der Waals surface area contributed by atoms with E-state index in [9.17, 15) is 39.6 Å². The minimum Gasteiger partial charge on any atom is -0.510 e. The van der Waals surface area contributed by atoms with Gasteiger partial charge in [-0.3, -0.25) is 24.1 Å². The molecule has 0 saturated heterocycles. The zero-order chi connectivity index (χ0) is 27.4. The number of phenolic OH excluding ortho intramolecular Hbond substituents is 1. The van der Waals surface area contributed by atoms with Crippen LogP contribution in [0.4, 0.5) is 0 Å². The zero-order valence-electron chi connectivity index (χ0n) is 21.1. The number of hydrogen-bond acceptors (Lipinski definition) is 9. The van der Waals surface area contributed by atoms with Gasteiger partial charge in [-0.15, -0.1) is 0 Å². The first-order valence-electron chi connectivity index (χ1n) is 12.4. The maximum Gasteiger partial charge on any atom is 0.255 e. The Bertz CT molecular complexity index is 1280. The van der Waals surface area contributed by atoms with Gasteiger partial charge in [-0.1, -0.05) is 19.8 Å². The highest BCUT2D eigenvalue weighted by Gasteiger charge is 2.63. The molecule has 0 unspecified atom stereocenters. The van der Waals surface area contributed by atoms with Crippen molar-refractivity contribution in [1.82, 2.24) is 4.90 Å². The van der Waals surface area contributed by atoms with Crippen LogP contribution < -0.4 is 5.73 Å². The van der Waals surface area contributed by atoms with Crippen molar-refractivity contribution in [2.24, 2.45) is 17.6 Å². The number of Topliss-reactive ketones (excluding diaryl/α,β-unsaturated/α-hetero) is 3. The van der Waals surface area contributed by atoms with Gasteiger partial charge in [-0.05, 0) is 57.0 Å². The second-order valence-corrected chi connectivity index (χ2v) is 10.3. The summed E-state index contributed by atoms with van der Waals surface area (Å²) < 4.78 is 0. The summed E-state index contributed by atoms with van der Waals surface area (Å²) in [5, 5.41) is 44.3. The number of aliphatic hydroxyl groups is 3. The Hall–Kier alpha value is -3.50. The van der Waals surface area contributed by atoms with Gasteiger partial charge in [0.1, 0.15) is 22.8 Å². The van der Waals surface area contributed by atoms with E-state index in [-0.39, 0.29) is 41.9 Å². The maximum atomic E-state index is 13.7. The Labute approximate surface area is 214 Å². The van der Waals surface area contributed by atoms with E-state index in [1.807, 2.05) is 6.92 Å². The first kappa shape index (κ1) is 26.6. The average molecular weight is 513 g/mol. The molecule has 0 spiro atoms. The van der Waals surface area contributed by atoms with Gasteiger partial charge in [0, 0.05) is 23.5 Å². The summed E-state index contributed by atoms with van der Waals surface area (Å²) in [6, 6.07) is 1.68. The number of aliphatic hydroxyl groups excluding tert-OH is 2. The van der Waals surface area contributed by atoms with Crippen molar-refractivity contribution >= 4 is 23.3 Å². The van der Waals surface area contributed by atoms with E-state index in [1.54, 1.807) is 14.1 Å². The number of benzene rings is 1. The number of primary amides is 1. The van der Waals surface area contributed by atoms with Crippen molar-refractivity contribution in [1.29, 1.82) is 0 Å². The zero-order valence-corrected chi connectivity index (χ0v) is 21.1. The summed E-state index contributed by atoms with van der Waals surface area (Å²) >= 11 is 0. The molecule has 0 fully saturated rings. The number of carbonyl (C=O) groups is 4. The van der Waals surface area contributed by atoms with E-state index < -0.39 is 58.0 Å². The monoisotopic (exact) mass is 512 g/mol. The normalized spacial score (nSPS) is 27.2. The lowest BCUT2D eigenvalue weighted by molar-refractivity contribution is -0.148. The SMILES string of the molecule is CCCCCC(=O)c1ccc(O)c2c1C[C@H]1C[C@H]3[C@H](N(C)C)C(O)=C(C(N)=O)C(=O)[C@@]3(O)C(O)=C1C2=O. The predicted molar refractivity (Wildman–Crippen MR) is 132 cm³/mol. The van der Waals surface area contributed by atoms with E-state index >= 15 is 0 Å². The van der Waals surface area contributed by atoms with Crippen LogP contribution in [0.3, 0.4) is 0 Å². The van der Waals surface area contributed by atoms with E-state index in [2.05, 4.69) is 0 Å². The molecule has 6 N–H and O–H groups in total. The number of ketones is 3. The standard InChI is InChI=1S/C27H32N2O8/c1-4-5-6-7-16(30)13-8-9-17(31)19-14(13)10-12-11-15-21(29(2)3)23(33)20(26(28)36)25(35)27(15,37)24(34)18(12)22(19)32/h8-9,12,15,21,31,33-34,37H,4-7,10-11H2,1-3H3,(H2,28,36)/t12-,15-,21-,27-/m0/s1. The third kappa shape index (κ3) is 3.86. The van der Waals surface area contributed by atoms with Crippen molar-refractivity contribution in [3.63, 3.8) is 0 Å². The van der Waals surface area contributed by atoms with Gasteiger partial charge in [0.05, 0.1) is 11.6 Å². The van der Waals surface area contributed by atoms with Crippen LogP contribution >= 0.6 is 0 Å². The lowest BCUT2D eigenvalue weighted by atomic mass is 9.58. The van der Waals surface area contributed by atoms with Crippen molar-refractivity contribution in [2.45, 2.75) is 57.1 Å². The van der Waals surface area contributed by atoms with Gasteiger partial charge in [0.15, 0.2) is 17.2 Å². The smallest absolute Gasteiger partial charge is 0.255 e. The molecule has 0 saturated carbocycles. The molecule has 37 heavy (non-hydrogen) atoms. The van der Waals surface area contributed by atoms with E-state index in [4.69, 9.17) is 5.73 Å². The molecule has 10 nitrogen and oxygen atoms in total. The molecule has 0 radical (unpaired) electrons. The van der Waals surface area contributed by atoms with Crippen LogP contribution in [0.1, 0.15) is 65.3 Å². The largest absolute Gasteiger partial charge is 0.510 e. The molecular formula is C27H32N2O8. The molecule has 0 aliphatic heterocycles. The topological polar surface area (TPSA) is 178 Å². The molecule has 10 heteroatoms. The molecule has 1 aromatic carbocycles. The fourth-order valence-electron chi connectivity index (χ4n) is 6.18. The van der Waals surface area contributed by atoms with Gasteiger partial charge in [0.2, 0.25) is 5.78 Å². The van der Waals surface area contributed by atoms with Gasteiger partial charge in [0.25, 0.3) is 5.91 Å². The summed E-state index contributed by atoms with van der Waals surface area (Å²) in [6.45, 7) is 2.02. The molecule has 4 rings (SSSR count). The molecule has 0 bridgehead atoms. The fourth-order valence-corrected chi connectivity index (χ4v) is 6.18. The van der Waals surface area contributed by atoms with Crippen molar-refractivity contribution in [2.75, 3.05) is 14.1 Å². The highest BCUT2D eigenvalue weighted by Crippen LogP contribution is 2.52. The minimum atomic E-state index is -2.69. The van der Waals surface area contributed by atoms with Crippen LogP contribution in [0.15, 0.2) is 34.8 Å². The average Bonchev–Trinajstić information content (AvgIpc) is 2.81. The number of likely N-dealkylation sites (N-methyl/N-ethyl adjacent to an activating group) is 1. The fraction of sp³-hybridized carbons (Fsp3) is 0.481. The maximum absolute atomic E-state index is 13.7. The molecule has 1 aromatic rings. The molecule has 3 aliphatic carbocycles. The van der Waals surface area contributed by atoms with Crippen LogP contribution in [-0.2, 0) is 16.0 Å². The third-order valence-corrected chi connectivity index (χ3v) is 7.91. The highest BCUT2D eigenvalue weighted by atomic mass is 16.3. The second-order valence-electron chi connectivity index (χ2n) is 10.3. The molecule has 3 aliphatic rings. The third-order valence-electron chi connectivity index (χ3n) is 7.91. The molecule has 4 atom stereocenters. The van der Waals surface area contributed by atoms with Crippen LogP contribution in [0.5, 0.6) is 5.75 Å². The number of allylic oxidation sites excluding steroid dienone is 1. The summed E-state index contributed by atoms with van der Waals surface area (Å²) in [4.78, 5) is 53.5. The van der Waals surface area contributed by atoms with Gasteiger partial charge in [-0.25, -0.2) is 0 Å². The van der Waals surface area contributed by atoms with Gasteiger partial charge < -0.3 is 26.2 Å². The Morgan fingerprint density at radius 2 is 1.81 bits per heavy atom. The number of hydrogen-bond donors (Lipinski definition) is 5. The van der Waals surface area contributed by atoms with Crippen molar-refractivity contribution in [3.8, 4) is 5.75 Å². The van der Waals surface area contributed by atoms with E-state index in [0.29, 0.717) is 17.5 Å². The van der Waals surface area contributed by atoms with Crippen molar-refractivity contribution in [3.05, 3.63) is 51.5 Å². The number of phenols is 1. The molecule has 0 aromatic heterocycles. The quantitative estimate of drug-likeness (QED) is 0.207. The summed E-state index contributed by atoms with van der Waals surface area (Å²) in [7, 11) is 3.14. The lowest BCUT2D eigenvalue weighted by Gasteiger charge is -2.50. The molecule has 1 amide bonds. The number of amides is 1. The Morgan fingerprint density at radius 1 is 1.14 bits per heavy atom. The van der Waals surface area contributed by atoms with Crippen LogP contribution in [0.25, 0.3) is 0 Å². The molecule has 198 valence electrons. The predicted octanol–water partition coefficient (Wildman–Crippen LogP) is 1.88. The number of rotatable bonds is 7. The Balaban J connectivity index is 1.88. The Kier molecular flexibility index (Phi) is 6.76. The number of carbonyl (C=O) groups excluding carboxylic acids is 4. The number of unbranched alkanes of at least 4 members (excludes halogenated alkanes) is 2. The Morgan fingerprint density at radius 3 is 2.41 bits per heavy atom. The first-order valence-corrected chi connectivity index (χ1v) is 12.4. The minimum absolute atomic E-state index is 0.0229. The molecular weight excluding hydrogens is 480 g/mol. The first-order chi connectivity index (χ1) is 17.4. The second kappa shape index (κ2) is 9.42. The van der Waals surface area contributed by atoms with Gasteiger partial charge in [-0.2, -0.15) is 0 Å². The number of fused-ring (bicyclic) bond motifs is 3. The summed E-state index contributed by atoms with van der Waals surface area (Å²) in [5.41, 5.74) is 2.08. The number of nitrogens with two attached hydrogens (primary N) is 1. The van der Waals surface area contributed by atoms with Crippen molar-refractivity contribution < 1.29 is 39.6 Å². The number of aromatic hydroxyl groups is 1.